The number of amides is 1. The van der Waals surface area contributed by atoms with Gasteiger partial charge in [0.15, 0.2) is 0 Å². The predicted octanol–water partition coefficient (Wildman–Crippen LogP) is 5.92. The van der Waals surface area contributed by atoms with E-state index in [0.29, 0.717) is 49.8 Å². The Labute approximate surface area is 201 Å². The predicted molar refractivity (Wildman–Crippen MR) is 127 cm³/mol. The lowest BCUT2D eigenvalue weighted by atomic mass is 10.1. The highest BCUT2D eigenvalue weighted by Crippen LogP contribution is 2.30. The summed E-state index contributed by atoms with van der Waals surface area (Å²) in [6.07, 6.45) is -4.34. The zero-order valence-electron chi connectivity index (χ0n) is 19.2. The molecule has 1 aliphatic heterocycles. The second kappa shape index (κ2) is 10.2. The van der Waals surface area contributed by atoms with Gasteiger partial charge in [-0.1, -0.05) is 35.9 Å². The lowest BCUT2D eigenvalue weighted by Crippen LogP contribution is -2.48. The maximum Gasteiger partial charge on any atom is 0.416 e. The molecule has 0 atom stereocenters. The van der Waals surface area contributed by atoms with Crippen LogP contribution < -0.4 is 4.74 Å². The van der Waals surface area contributed by atoms with E-state index in [1.165, 1.54) is 29.0 Å². The lowest BCUT2D eigenvalue weighted by Gasteiger charge is -2.34. The third kappa shape index (κ3) is 5.98. The quantitative estimate of drug-likeness (QED) is 0.432. The molecule has 0 radical (unpaired) electrons. The lowest BCUT2D eigenvalue weighted by molar-refractivity contribution is -0.137. The van der Waals surface area contributed by atoms with Crippen molar-refractivity contribution in [3.8, 4) is 5.75 Å². The fourth-order valence-corrected chi connectivity index (χ4v) is 4.92. The number of rotatable bonds is 6. The highest BCUT2D eigenvalue weighted by molar-refractivity contribution is 7.12. The van der Waals surface area contributed by atoms with E-state index in [1.807, 2.05) is 42.3 Å². The van der Waals surface area contributed by atoms with Gasteiger partial charge in [-0.15, -0.1) is 11.3 Å². The first-order valence-electron chi connectivity index (χ1n) is 11.1. The number of ether oxygens (including phenoxy) is 1. The monoisotopic (exact) mass is 488 g/mol. The standard InChI is InChI=1S/C26H27F3N2O2S/c1-18-6-7-23(19(2)12-18)33-16-21-14-24(34-17-21)25(32)31-10-8-30(9-11-31)15-20-4-3-5-22(13-20)26(27,28)29/h3-7,12-14,17H,8-11,15-16H2,1-2H3. The minimum Gasteiger partial charge on any atom is -0.489 e. The normalized spacial score (nSPS) is 14.9. The molecule has 0 unspecified atom stereocenters. The number of hydrogen-bond acceptors (Lipinski definition) is 4. The summed E-state index contributed by atoms with van der Waals surface area (Å²) in [6.45, 7) is 7.22. The summed E-state index contributed by atoms with van der Waals surface area (Å²) < 4.78 is 44.8. The van der Waals surface area contributed by atoms with E-state index in [4.69, 9.17) is 4.74 Å². The molecule has 1 amide bonds. The van der Waals surface area contributed by atoms with Crippen LogP contribution in [0.5, 0.6) is 5.75 Å². The number of alkyl halides is 3. The Morgan fingerprint density at radius 1 is 1.00 bits per heavy atom. The molecule has 0 N–H and O–H groups in total. The van der Waals surface area contributed by atoms with E-state index in [1.54, 1.807) is 6.07 Å². The van der Waals surface area contributed by atoms with Crippen molar-refractivity contribution < 1.29 is 22.7 Å². The number of nitrogens with zero attached hydrogens (tertiary/aromatic N) is 2. The van der Waals surface area contributed by atoms with Gasteiger partial charge in [0, 0.05) is 38.3 Å². The zero-order valence-corrected chi connectivity index (χ0v) is 20.0. The molecule has 1 aliphatic rings. The Hall–Kier alpha value is -2.84. The van der Waals surface area contributed by atoms with E-state index < -0.39 is 11.7 Å². The fourth-order valence-electron chi connectivity index (χ4n) is 4.05. The average molecular weight is 489 g/mol. The van der Waals surface area contributed by atoms with Crippen LogP contribution in [0, 0.1) is 13.8 Å². The Balaban J connectivity index is 1.29. The van der Waals surface area contributed by atoms with E-state index in [2.05, 4.69) is 11.0 Å². The summed E-state index contributed by atoms with van der Waals surface area (Å²) in [4.78, 5) is 17.5. The summed E-state index contributed by atoms with van der Waals surface area (Å²) >= 11 is 1.41. The van der Waals surface area contributed by atoms with Crippen LogP contribution in [-0.2, 0) is 19.3 Å². The molecule has 0 saturated carbocycles. The van der Waals surface area contributed by atoms with Gasteiger partial charge in [0.2, 0.25) is 0 Å². The number of piperazine rings is 1. The van der Waals surface area contributed by atoms with Gasteiger partial charge in [-0.25, -0.2) is 0 Å². The minimum absolute atomic E-state index is 0.0125. The molecule has 2 heterocycles. The number of thiophene rings is 1. The summed E-state index contributed by atoms with van der Waals surface area (Å²) in [5, 5.41) is 1.95. The van der Waals surface area contributed by atoms with Crippen molar-refractivity contribution >= 4 is 17.2 Å². The molecule has 0 aliphatic carbocycles. The maximum atomic E-state index is 13.0. The van der Waals surface area contributed by atoms with Crippen LogP contribution in [0.4, 0.5) is 13.2 Å². The van der Waals surface area contributed by atoms with Gasteiger partial charge >= 0.3 is 6.18 Å². The summed E-state index contributed by atoms with van der Waals surface area (Å²) in [5.74, 6) is 0.822. The molecule has 0 bridgehead atoms. The van der Waals surface area contributed by atoms with Crippen LogP contribution in [0.3, 0.4) is 0 Å². The Morgan fingerprint density at radius 3 is 2.47 bits per heavy atom. The number of hydrogen-bond donors (Lipinski definition) is 0. The van der Waals surface area contributed by atoms with Crippen molar-refractivity contribution in [1.29, 1.82) is 0 Å². The van der Waals surface area contributed by atoms with Gasteiger partial charge < -0.3 is 9.64 Å². The van der Waals surface area contributed by atoms with E-state index >= 15 is 0 Å². The van der Waals surface area contributed by atoms with Crippen LogP contribution in [0.2, 0.25) is 0 Å². The van der Waals surface area contributed by atoms with Crippen molar-refractivity contribution in [3.63, 3.8) is 0 Å². The molecule has 8 heteroatoms. The van der Waals surface area contributed by atoms with Crippen LogP contribution >= 0.6 is 11.3 Å². The number of carbonyl (C=O) groups excluding carboxylic acids is 1. The molecule has 1 saturated heterocycles. The molecule has 2 aromatic carbocycles. The molecule has 0 spiro atoms. The molecular weight excluding hydrogens is 461 g/mol. The largest absolute Gasteiger partial charge is 0.489 e. The molecule has 4 rings (SSSR count). The van der Waals surface area contributed by atoms with Crippen molar-refractivity contribution in [2.75, 3.05) is 26.2 Å². The smallest absolute Gasteiger partial charge is 0.416 e. The number of carbonyl (C=O) groups is 1. The third-order valence-corrected chi connectivity index (χ3v) is 6.88. The Morgan fingerprint density at radius 2 is 1.76 bits per heavy atom. The first kappa shape index (κ1) is 24.3. The summed E-state index contributed by atoms with van der Waals surface area (Å²) in [6, 6.07) is 13.4. The molecule has 4 nitrogen and oxygen atoms in total. The van der Waals surface area contributed by atoms with Crippen molar-refractivity contribution in [2.24, 2.45) is 0 Å². The first-order chi connectivity index (χ1) is 16.2. The highest BCUT2D eigenvalue weighted by atomic mass is 32.1. The topological polar surface area (TPSA) is 32.8 Å². The number of benzene rings is 2. The zero-order chi connectivity index (χ0) is 24.3. The van der Waals surface area contributed by atoms with Gasteiger partial charge in [-0.3, -0.25) is 9.69 Å². The van der Waals surface area contributed by atoms with Crippen LogP contribution in [0.25, 0.3) is 0 Å². The second-order valence-electron chi connectivity index (χ2n) is 8.64. The Kier molecular flexibility index (Phi) is 7.28. The van der Waals surface area contributed by atoms with Gasteiger partial charge in [0.05, 0.1) is 10.4 Å². The highest BCUT2D eigenvalue weighted by Gasteiger charge is 2.30. The van der Waals surface area contributed by atoms with Gasteiger partial charge in [0.1, 0.15) is 12.4 Å². The van der Waals surface area contributed by atoms with Crippen molar-refractivity contribution in [2.45, 2.75) is 33.2 Å². The molecular formula is C26H27F3N2O2S. The maximum absolute atomic E-state index is 13.0. The van der Waals surface area contributed by atoms with E-state index in [-0.39, 0.29) is 5.91 Å². The van der Waals surface area contributed by atoms with Crippen LogP contribution in [0.1, 0.15) is 37.5 Å². The average Bonchev–Trinajstić information content (AvgIpc) is 3.27. The minimum atomic E-state index is -4.34. The van der Waals surface area contributed by atoms with Gasteiger partial charge in [0.25, 0.3) is 5.91 Å². The van der Waals surface area contributed by atoms with E-state index in [9.17, 15) is 18.0 Å². The molecule has 1 aromatic heterocycles. The SMILES string of the molecule is Cc1ccc(OCc2csc(C(=O)N3CCN(Cc4cccc(C(F)(F)F)c4)CC3)c2)c(C)c1. The second-order valence-corrected chi connectivity index (χ2v) is 9.55. The molecule has 180 valence electrons. The van der Waals surface area contributed by atoms with Crippen LogP contribution in [-0.4, -0.2) is 41.9 Å². The number of aryl methyl sites for hydroxylation is 2. The van der Waals surface area contributed by atoms with Crippen molar-refractivity contribution in [1.82, 2.24) is 9.80 Å². The van der Waals surface area contributed by atoms with Crippen molar-refractivity contribution in [3.05, 3.63) is 86.6 Å². The fraction of sp³-hybridized carbons (Fsp3) is 0.346. The Bertz CT molecular complexity index is 1150. The van der Waals surface area contributed by atoms with Gasteiger partial charge in [-0.2, -0.15) is 13.2 Å². The first-order valence-corrected chi connectivity index (χ1v) is 12.0. The number of halogens is 3. The molecule has 1 fully saturated rings. The third-order valence-electron chi connectivity index (χ3n) is 5.91. The molecule has 34 heavy (non-hydrogen) atoms. The molecule has 3 aromatic rings. The van der Waals surface area contributed by atoms with E-state index in [0.717, 1.165) is 22.9 Å². The van der Waals surface area contributed by atoms with Crippen LogP contribution in [0.15, 0.2) is 53.9 Å². The van der Waals surface area contributed by atoms with Gasteiger partial charge in [-0.05, 0) is 48.6 Å². The summed E-state index contributed by atoms with van der Waals surface area (Å²) in [5.41, 5.74) is 3.21. The summed E-state index contributed by atoms with van der Waals surface area (Å²) in [7, 11) is 0.